The predicted molar refractivity (Wildman–Crippen MR) is 70.0 cm³/mol. The average Bonchev–Trinajstić information content (AvgIpc) is 2.19. The number of nitrogens with zero attached hydrogens (tertiary/aromatic N) is 1. The Labute approximate surface area is 112 Å². The minimum Gasteiger partial charge on any atom is -0.349 e. The Morgan fingerprint density at radius 1 is 1.38 bits per heavy atom. The van der Waals surface area contributed by atoms with E-state index in [2.05, 4.69) is 15.6 Å². The van der Waals surface area contributed by atoms with Crippen molar-refractivity contribution >= 4 is 42.3 Å². The summed E-state index contributed by atoms with van der Waals surface area (Å²) in [5, 5.41) is 6.16. The Bertz CT molecular complexity index is 305. The Hall–Kier alpha value is -0.550. The van der Waals surface area contributed by atoms with Crippen molar-refractivity contribution in [3.05, 3.63) is 29.0 Å². The van der Waals surface area contributed by atoms with Crippen LogP contribution in [0.15, 0.2) is 18.3 Å². The van der Waals surface area contributed by atoms with Gasteiger partial charge in [-0.05, 0) is 19.2 Å². The van der Waals surface area contributed by atoms with E-state index in [0.29, 0.717) is 17.3 Å². The fourth-order valence-corrected chi connectivity index (χ4v) is 1.01. The van der Waals surface area contributed by atoms with Gasteiger partial charge in [-0.1, -0.05) is 11.6 Å². The van der Waals surface area contributed by atoms with Gasteiger partial charge in [-0.2, -0.15) is 0 Å². The monoisotopic (exact) mass is 285 g/mol. The molecular weight excluding hydrogens is 272 g/mol. The van der Waals surface area contributed by atoms with Crippen molar-refractivity contribution in [2.75, 3.05) is 20.1 Å². The lowest BCUT2D eigenvalue weighted by molar-refractivity contribution is 0.0949. The molecule has 0 saturated carbocycles. The number of carbonyl (C=O) groups is 1. The number of halogens is 3. The number of rotatable bonds is 4. The highest BCUT2D eigenvalue weighted by atomic mass is 35.5. The summed E-state index contributed by atoms with van der Waals surface area (Å²) in [6.45, 7) is 1.32. The Balaban J connectivity index is 0. The highest BCUT2D eigenvalue weighted by molar-refractivity contribution is 6.30. The van der Waals surface area contributed by atoms with Crippen LogP contribution in [-0.4, -0.2) is 31.0 Å². The molecule has 1 heterocycles. The quantitative estimate of drug-likeness (QED) is 0.825. The van der Waals surface area contributed by atoms with Gasteiger partial charge in [-0.15, -0.1) is 24.8 Å². The summed E-state index contributed by atoms with van der Waals surface area (Å²) in [7, 11) is 1.83. The second-order valence-corrected chi connectivity index (χ2v) is 3.16. The molecule has 1 rings (SSSR count). The lowest BCUT2D eigenvalue weighted by Crippen LogP contribution is -2.30. The van der Waals surface area contributed by atoms with E-state index in [1.165, 1.54) is 6.20 Å². The second-order valence-electron chi connectivity index (χ2n) is 2.72. The molecule has 1 aromatic rings. The van der Waals surface area contributed by atoms with Crippen molar-refractivity contribution < 1.29 is 4.79 Å². The molecular formula is C9H14Cl3N3O. The van der Waals surface area contributed by atoms with E-state index in [1.807, 2.05) is 7.05 Å². The first-order valence-corrected chi connectivity index (χ1v) is 4.66. The number of hydrogen-bond donors (Lipinski definition) is 2. The molecule has 1 amide bonds. The molecule has 0 spiro atoms. The van der Waals surface area contributed by atoms with Crippen LogP contribution < -0.4 is 10.6 Å². The SMILES string of the molecule is CNCCNC(=O)c1ccc(Cl)cn1.Cl.Cl. The molecule has 0 aliphatic heterocycles. The maximum absolute atomic E-state index is 11.4. The van der Waals surface area contributed by atoms with Crippen LogP contribution in [0.1, 0.15) is 10.5 Å². The molecule has 0 radical (unpaired) electrons. The lowest BCUT2D eigenvalue weighted by atomic mass is 10.3. The largest absolute Gasteiger partial charge is 0.349 e. The fraction of sp³-hybridized carbons (Fsp3) is 0.333. The number of carbonyl (C=O) groups excluding carboxylic acids is 1. The van der Waals surface area contributed by atoms with Crippen LogP contribution >= 0.6 is 36.4 Å². The molecule has 0 fully saturated rings. The third-order valence-electron chi connectivity index (χ3n) is 1.62. The number of aromatic nitrogens is 1. The lowest BCUT2D eigenvalue weighted by Gasteiger charge is -2.03. The maximum atomic E-state index is 11.4. The molecule has 0 aromatic carbocycles. The Morgan fingerprint density at radius 2 is 2.06 bits per heavy atom. The van der Waals surface area contributed by atoms with Gasteiger partial charge in [-0.25, -0.2) is 4.98 Å². The van der Waals surface area contributed by atoms with E-state index < -0.39 is 0 Å². The first-order chi connectivity index (χ1) is 6.74. The molecule has 92 valence electrons. The highest BCUT2D eigenvalue weighted by Gasteiger charge is 2.04. The number of hydrogen-bond acceptors (Lipinski definition) is 3. The normalized spacial score (nSPS) is 8.62. The number of nitrogens with one attached hydrogen (secondary N) is 2. The first-order valence-electron chi connectivity index (χ1n) is 4.28. The zero-order chi connectivity index (χ0) is 10.4. The van der Waals surface area contributed by atoms with Crippen molar-refractivity contribution in [1.29, 1.82) is 0 Å². The second kappa shape index (κ2) is 9.66. The number of pyridine rings is 1. The Morgan fingerprint density at radius 3 is 2.56 bits per heavy atom. The van der Waals surface area contributed by atoms with Crippen LogP contribution in [0, 0.1) is 0 Å². The van der Waals surface area contributed by atoms with Crippen LogP contribution in [0.25, 0.3) is 0 Å². The summed E-state index contributed by atoms with van der Waals surface area (Å²) in [6.07, 6.45) is 1.45. The third kappa shape index (κ3) is 6.12. The van der Waals surface area contributed by atoms with Gasteiger partial charge in [0.15, 0.2) is 0 Å². The van der Waals surface area contributed by atoms with Gasteiger partial charge in [0.25, 0.3) is 5.91 Å². The summed E-state index contributed by atoms with van der Waals surface area (Å²) < 4.78 is 0. The molecule has 0 saturated heterocycles. The minimum absolute atomic E-state index is 0. The van der Waals surface area contributed by atoms with Gasteiger partial charge < -0.3 is 10.6 Å². The van der Waals surface area contributed by atoms with Crippen molar-refractivity contribution in [2.45, 2.75) is 0 Å². The molecule has 0 unspecified atom stereocenters. The van der Waals surface area contributed by atoms with Crippen LogP contribution in [0.4, 0.5) is 0 Å². The molecule has 0 aliphatic rings. The summed E-state index contributed by atoms with van der Waals surface area (Å²) in [5.74, 6) is -0.183. The van der Waals surface area contributed by atoms with Crippen LogP contribution in [-0.2, 0) is 0 Å². The van der Waals surface area contributed by atoms with E-state index in [0.717, 1.165) is 6.54 Å². The zero-order valence-electron chi connectivity index (χ0n) is 8.70. The molecule has 0 aliphatic carbocycles. The van der Waals surface area contributed by atoms with Crippen LogP contribution in [0.3, 0.4) is 0 Å². The fourth-order valence-electron chi connectivity index (χ4n) is 0.902. The molecule has 7 heteroatoms. The van der Waals surface area contributed by atoms with Crippen molar-refractivity contribution in [2.24, 2.45) is 0 Å². The van der Waals surface area contributed by atoms with E-state index in [-0.39, 0.29) is 30.7 Å². The van der Waals surface area contributed by atoms with Gasteiger partial charge in [-0.3, -0.25) is 4.79 Å². The van der Waals surface area contributed by atoms with E-state index in [1.54, 1.807) is 12.1 Å². The minimum atomic E-state index is -0.183. The molecule has 16 heavy (non-hydrogen) atoms. The summed E-state index contributed by atoms with van der Waals surface area (Å²) >= 11 is 5.64. The van der Waals surface area contributed by atoms with Crippen LogP contribution in [0.2, 0.25) is 5.02 Å². The third-order valence-corrected chi connectivity index (χ3v) is 1.84. The summed E-state index contributed by atoms with van der Waals surface area (Å²) in [6, 6.07) is 3.23. The van der Waals surface area contributed by atoms with Gasteiger partial charge in [0.05, 0.1) is 5.02 Å². The smallest absolute Gasteiger partial charge is 0.269 e. The summed E-state index contributed by atoms with van der Waals surface area (Å²) in [5.41, 5.74) is 0.380. The molecule has 0 atom stereocenters. The predicted octanol–water partition coefficient (Wildman–Crippen LogP) is 1.53. The van der Waals surface area contributed by atoms with E-state index >= 15 is 0 Å². The highest BCUT2D eigenvalue weighted by Crippen LogP contribution is 2.05. The van der Waals surface area contributed by atoms with Crippen LogP contribution in [0.5, 0.6) is 0 Å². The zero-order valence-corrected chi connectivity index (χ0v) is 11.1. The Kier molecular flexibility index (Phi) is 10.8. The van der Waals surface area contributed by atoms with Gasteiger partial charge in [0, 0.05) is 19.3 Å². The van der Waals surface area contributed by atoms with Gasteiger partial charge >= 0.3 is 0 Å². The van der Waals surface area contributed by atoms with E-state index in [4.69, 9.17) is 11.6 Å². The molecule has 2 N–H and O–H groups in total. The molecule has 1 aromatic heterocycles. The van der Waals surface area contributed by atoms with Crippen molar-refractivity contribution in [3.63, 3.8) is 0 Å². The topological polar surface area (TPSA) is 54.0 Å². The molecule has 0 bridgehead atoms. The van der Waals surface area contributed by atoms with E-state index in [9.17, 15) is 4.79 Å². The standard InChI is InChI=1S/C9H12ClN3O.2ClH/c1-11-4-5-12-9(14)8-3-2-7(10)6-13-8;;/h2-3,6,11H,4-5H2,1H3,(H,12,14);2*1H. The van der Waals surface area contributed by atoms with Gasteiger partial charge in [0.1, 0.15) is 5.69 Å². The number of likely N-dealkylation sites (N-methyl/N-ethyl adjacent to an activating group) is 1. The van der Waals surface area contributed by atoms with Gasteiger partial charge in [0.2, 0.25) is 0 Å². The molecule has 4 nitrogen and oxygen atoms in total. The average molecular weight is 287 g/mol. The maximum Gasteiger partial charge on any atom is 0.269 e. The van der Waals surface area contributed by atoms with Crippen molar-refractivity contribution in [3.8, 4) is 0 Å². The number of amides is 1. The summed E-state index contributed by atoms with van der Waals surface area (Å²) in [4.78, 5) is 15.3. The van der Waals surface area contributed by atoms with Crippen molar-refractivity contribution in [1.82, 2.24) is 15.6 Å². The first kappa shape index (κ1) is 17.8.